The van der Waals surface area contributed by atoms with Crippen molar-refractivity contribution in [3.05, 3.63) is 66.2 Å². The maximum Gasteiger partial charge on any atom is 0.402 e. The smallest absolute Gasteiger partial charge is 0.402 e. The molecule has 14 N–H and O–H groups in total. The Balaban J connectivity index is 1.27. The Labute approximate surface area is 378 Å². The monoisotopic (exact) mass is 949 g/mol. The molecule has 4 aromatic rings. The first-order chi connectivity index (χ1) is 31.9. The van der Waals surface area contributed by atoms with Crippen molar-refractivity contribution in [1.29, 1.82) is 0 Å². The molecule has 0 amide bonds. The third-order valence-corrected chi connectivity index (χ3v) is 11.2. The Kier molecular flexibility index (Phi) is 15.2. The lowest BCUT2D eigenvalue weighted by Crippen LogP contribution is -2.65. The predicted molar refractivity (Wildman–Crippen MR) is 220 cm³/mol. The summed E-state index contributed by atoms with van der Waals surface area (Å²) in [5.74, 6) is -3.70. The first-order valence-electron chi connectivity index (χ1n) is 20.4. The minimum atomic E-state index is -2.09. The minimum absolute atomic E-state index is 0.0155. The fraction of sp³-hybridized carbons (Fsp3) is 0.442. The Morgan fingerprint density at radius 3 is 1.90 bits per heavy atom. The number of esters is 1. The number of methoxy groups -OCH3 is 1. The molecule has 7 rings (SSSR count). The van der Waals surface area contributed by atoms with Crippen LogP contribution in [0.1, 0.15) is 5.56 Å². The molecule has 364 valence electrons. The molecule has 3 aromatic carbocycles. The molecule has 0 aliphatic carbocycles. The first-order valence-corrected chi connectivity index (χ1v) is 20.4. The van der Waals surface area contributed by atoms with Gasteiger partial charge in [-0.25, -0.2) is 9.21 Å². The Morgan fingerprint density at radius 1 is 0.627 bits per heavy atom. The second-order valence-electron chi connectivity index (χ2n) is 15.6. The maximum absolute atomic E-state index is 12.9. The van der Waals surface area contributed by atoms with Gasteiger partial charge in [-0.05, 0) is 35.9 Å². The number of aromatic hydroxyl groups is 4. The molecule has 0 radical (unpaired) electrons. The number of hydrogen-bond donors (Lipinski definition) is 14. The van der Waals surface area contributed by atoms with Gasteiger partial charge in [0, 0.05) is 24.3 Å². The standard InChI is InChI=1S/C43H48O24/c1-59-25-8-16(2-5-21(25)48)3-7-30(50)60-15-29-33(53)36(56)40(67-42-38(58)35(55)32(52)28(14-45)65-42)43(66-29)63-26-12-19-23(61-39(26)17-4-6-20(47)22(49)9-17)10-18(46)11-24(19)62-41-37(57)34(54)31(51)27(13-44)64-41/h2-12,27-29,31-38,40-45,51-58H,13-15H2,1H3,(H3-,46,47,48,49,50)/p+1/t27?,28?,29?,31-,32-,33-,34+,35+,36?,37?,38?,40-,41-,42+,43-/m1/s1. The number of carbonyl (C=O) groups excluding carboxylic acids is 1. The molecule has 15 atom stereocenters. The Morgan fingerprint density at radius 2 is 1.24 bits per heavy atom. The summed E-state index contributed by atoms with van der Waals surface area (Å²) in [6, 6.07) is 11.0. The zero-order valence-electron chi connectivity index (χ0n) is 35.0. The molecule has 4 heterocycles. The van der Waals surface area contributed by atoms with E-state index in [9.17, 15) is 76.3 Å². The molecule has 1 aromatic heterocycles. The molecule has 24 nitrogen and oxygen atoms in total. The van der Waals surface area contributed by atoms with Crippen molar-refractivity contribution in [3.63, 3.8) is 0 Å². The molecule has 3 aliphatic heterocycles. The molecular formula is C43H49O24+. The van der Waals surface area contributed by atoms with Gasteiger partial charge in [-0.3, -0.25) is 0 Å². The van der Waals surface area contributed by atoms with Gasteiger partial charge in [-0.1, -0.05) is 6.07 Å². The summed E-state index contributed by atoms with van der Waals surface area (Å²) in [6.45, 7) is -2.43. The van der Waals surface area contributed by atoms with E-state index in [-0.39, 0.29) is 39.5 Å². The van der Waals surface area contributed by atoms with E-state index in [2.05, 4.69) is 0 Å². The summed E-state index contributed by atoms with van der Waals surface area (Å²) in [6.07, 6.45) is -25.3. The lowest BCUT2D eigenvalue weighted by Gasteiger charge is -2.45. The van der Waals surface area contributed by atoms with Gasteiger partial charge in [-0.15, -0.1) is 0 Å². The molecule has 24 heteroatoms. The number of benzene rings is 3. The molecule has 6 unspecified atom stereocenters. The zero-order chi connectivity index (χ0) is 48.4. The number of phenols is 4. The number of hydrogen-bond acceptors (Lipinski definition) is 23. The van der Waals surface area contributed by atoms with Crippen molar-refractivity contribution in [2.75, 3.05) is 26.9 Å². The van der Waals surface area contributed by atoms with Gasteiger partial charge >= 0.3 is 17.3 Å². The van der Waals surface area contributed by atoms with Crippen molar-refractivity contribution < 1.29 is 119 Å². The van der Waals surface area contributed by atoms with Crippen LogP contribution in [0.5, 0.6) is 40.2 Å². The van der Waals surface area contributed by atoms with E-state index in [0.29, 0.717) is 5.56 Å². The second kappa shape index (κ2) is 20.7. The number of rotatable bonds is 14. The molecule has 3 aliphatic rings. The van der Waals surface area contributed by atoms with Crippen molar-refractivity contribution in [1.82, 2.24) is 0 Å². The van der Waals surface area contributed by atoms with E-state index in [1.54, 1.807) is 0 Å². The summed E-state index contributed by atoms with van der Waals surface area (Å²) in [7, 11) is 1.33. The highest BCUT2D eigenvalue weighted by Crippen LogP contribution is 2.44. The van der Waals surface area contributed by atoms with Gasteiger partial charge in [0.25, 0.3) is 0 Å². The molecule has 3 saturated heterocycles. The van der Waals surface area contributed by atoms with Crippen LogP contribution >= 0.6 is 0 Å². The largest absolute Gasteiger partial charge is 0.507 e. The Hall–Kier alpha value is -5.68. The molecular weight excluding hydrogens is 900 g/mol. The van der Waals surface area contributed by atoms with E-state index < -0.39 is 141 Å². The van der Waals surface area contributed by atoms with E-state index in [4.69, 9.17) is 42.3 Å². The first kappa shape index (κ1) is 49.2. The highest BCUT2D eigenvalue weighted by Gasteiger charge is 2.52. The maximum atomic E-state index is 12.9. The molecule has 0 spiro atoms. The van der Waals surface area contributed by atoms with Crippen LogP contribution in [-0.2, 0) is 28.5 Å². The summed E-state index contributed by atoms with van der Waals surface area (Å²) < 4.78 is 51.7. The van der Waals surface area contributed by atoms with Crippen molar-refractivity contribution in [2.24, 2.45) is 0 Å². The normalized spacial score (nSPS) is 32.3. The number of phenolic OH excluding ortho intramolecular Hbond substituents is 4. The van der Waals surface area contributed by atoms with Crippen LogP contribution in [0.3, 0.4) is 0 Å². The molecule has 67 heavy (non-hydrogen) atoms. The van der Waals surface area contributed by atoms with E-state index >= 15 is 0 Å². The van der Waals surface area contributed by atoms with Crippen LogP contribution in [0, 0.1) is 0 Å². The number of aliphatic hydroxyl groups is 10. The number of aliphatic hydroxyl groups excluding tert-OH is 10. The van der Waals surface area contributed by atoms with Gasteiger partial charge in [0.15, 0.2) is 35.4 Å². The topological polar surface area (TPSA) is 385 Å². The minimum Gasteiger partial charge on any atom is -0.507 e. The highest BCUT2D eigenvalue weighted by molar-refractivity contribution is 5.89. The highest BCUT2D eigenvalue weighted by atomic mass is 16.8. The fourth-order valence-corrected chi connectivity index (χ4v) is 7.43. The molecule has 0 saturated carbocycles. The van der Waals surface area contributed by atoms with Gasteiger partial charge < -0.3 is 109 Å². The van der Waals surface area contributed by atoms with Crippen molar-refractivity contribution >= 4 is 23.0 Å². The van der Waals surface area contributed by atoms with Gasteiger partial charge in [-0.2, -0.15) is 0 Å². The van der Waals surface area contributed by atoms with E-state index in [1.807, 2.05) is 0 Å². The third-order valence-electron chi connectivity index (χ3n) is 11.2. The molecule has 0 bridgehead atoms. The zero-order valence-corrected chi connectivity index (χ0v) is 35.0. The fourth-order valence-electron chi connectivity index (χ4n) is 7.43. The van der Waals surface area contributed by atoms with Crippen LogP contribution in [-0.4, -0.2) is 197 Å². The van der Waals surface area contributed by atoms with Crippen molar-refractivity contribution in [2.45, 2.75) is 92.1 Å². The summed E-state index contributed by atoms with van der Waals surface area (Å²) >= 11 is 0. The van der Waals surface area contributed by atoms with Crippen molar-refractivity contribution in [3.8, 4) is 51.6 Å². The summed E-state index contributed by atoms with van der Waals surface area (Å²) in [5.41, 5.74) is 0.221. The van der Waals surface area contributed by atoms with Gasteiger partial charge in [0.05, 0.1) is 32.0 Å². The quantitative estimate of drug-likeness (QED) is 0.0272. The SMILES string of the molecule is COc1cc(/C=C/C(=O)OCC2O[C@@H](Oc3cc4c(O[C@@H]5OC(CO)[C@@H](O)[C@H](O)C5O)cc(O)cc4[o+]c3-c3ccc(O)c(O)c3)[C@H](O[C@@H]3OC(CO)[C@@H](O)[C@H](O)C3O)C(O)[C@@H]2O)ccc1O. The number of carbonyl (C=O) groups is 1. The summed E-state index contributed by atoms with van der Waals surface area (Å²) in [5, 5.41) is 147. The van der Waals surface area contributed by atoms with Crippen LogP contribution < -0.4 is 14.2 Å². The average Bonchev–Trinajstić information content (AvgIpc) is 3.31. The second-order valence-corrected chi connectivity index (χ2v) is 15.6. The summed E-state index contributed by atoms with van der Waals surface area (Å²) in [4.78, 5) is 12.9. The van der Waals surface area contributed by atoms with Crippen LogP contribution in [0.15, 0.2) is 65.1 Å². The third kappa shape index (κ3) is 10.4. The Bertz CT molecular complexity index is 2390. The molecule has 3 fully saturated rings. The lowest BCUT2D eigenvalue weighted by atomic mass is 9.97. The van der Waals surface area contributed by atoms with E-state index in [0.717, 1.165) is 30.3 Å². The predicted octanol–water partition coefficient (Wildman–Crippen LogP) is -2.34. The van der Waals surface area contributed by atoms with Crippen LogP contribution in [0.2, 0.25) is 0 Å². The van der Waals surface area contributed by atoms with Gasteiger partial charge in [0.2, 0.25) is 18.3 Å². The number of fused-ring (bicyclic) bond motifs is 1. The van der Waals surface area contributed by atoms with Gasteiger partial charge in [0.1, 0.15) is 90.6 Å². The van der Waals surface area contributed by atoms with Crippen LogP contribution in [0.25, 0.3) is 28.4 Å². The van der Waals surface area contributed by atoms with E-state index in [1.165, 1.54) is 43.5 Å². The lowest BCUT2D eigenvalue weighted by molar-refractivity contribution is -0.357. The number of ether oxygens (including phenoxy) is 8. The average molecular weight is 950 g/mol. The van der Waals surface area contributed by atoms with Crippen LogP contribution in [0.4, 0.5) is 0 Å².